The van der Waals surface area contributed by atoms with E-state index in [0.717, 1.165) is 34.8 Å². The average Bonchev–Trinajstić information content (AvgIpc) is 3.03. The maximum absolute atomic E-state index is 12.5. The predicted octanol–water partition coefficient (Wildman–Crippen LogP) is 3.03. The van der Waals surface area contributed by atoms with E-state index in [-0.39, 0.29) is 11.8 Å². The van der Waals surface area contributed by atoms with Crippen LogP contribution in [0.2, 0.25) is 0 Å². The number of thioether (sulfide) groups is 1. The summed E-state index contributed by atoms with van der Waals surface area (Å²) in [6, 6.07) is 13.0. The number of hydrogen-bond acceptors (Lipinski definition) is 4. The molecule has 2 amide bonds. The number of nitrogens with one attached hydrogen (secondary N) is 2. The van der Waals surface area contributed by atoms with Crippen LogP contribution in [0.25, 0.3) is 5.65 Å². The van der Waals surface area contributed by atoms with Crippen molar-refractivity contribution in [2.75, 3.05) is 6.54 Å². The van der Waals surface area contributed by atoms with Crippen LogP contribution in [-0.2, 0) is 10.5 Å². The standard InChI is InChI=1S/C21H22N4O2S/c26-20(24-18-5-1-3-11-22-21(18)27)15-7-9-17(10-8-15)28-14-16-13-25-12-4-2-6-19(25)23-16/h2,4,6-10,12-13,18H,1,3,5,11,14H2,(H,22,27)(H,24,26). The van der Waals surface area contributed by atoms with E-state index in [1.54, 1.807) is 23.9 Å². The van der Waals surface area contributed by atoms with Gasteiger partial charge >= 0.3 is 0 Å². The summed E-state index contributed by atoms with van der Waals surface area (Å²) in [5, 5.41) is 5.68. The number of fused-ring (bicyclic) bond motifs is 1. The lowest BCUT2D eigenvalue weighted by atomic mass is 10.1. The van der Waals surface area contributed by atoms with E-state index < -0.39 is 6.04 Å². The highest BCUT2D eigenvalue weighted by atomic mass is 32.2. The Morgan fingerprint density at radius 1 is 1.21 bits per heavy atom. The van der Waals surface area contributed by atoms with Crippen LogP contribution in [0, 0.1) is 0 Å². The highest BCUT2D eigenvalue weighted by Gasteiger charge is 2.22. The summed E-state index contributed by atoms with van der Waals surface area (Å²) >= 11 is 1.68. The van der Waals surface area contributed by atoms with Crippen LogP contribution in [0.1, 0.15) is 35.3 Å². The van der Waals surface area contributed by atoms with Crippen molar-refractivity contribution in [1.29, 1.82) is 0 Å². The Morgan fingerprint density at radius 2 is 2.07 bits per heavy atom. The highest BCUT2D eigenvalue weighted by Crippen LogP contribution is 2.23. The number of pyridine rings is 1. The summed E-state index contributed by atoms with van der Waals surface area (Å²) in [6.45, 7) is 0.684. The number of amides is 2. The molecule has 7 heteroatoms. The third-order valence-electron chi connectivity index (χ3n) is 4.76. The van der Waals surface area contributed by atoms with Gasteiger partial charge in [-0.05, 0) is 55.7 Å². The summed E-state index contributed by atoms with van der Waals surface area (Å²) in [5.41, 5.74) is 2.51. The van der Waals surface area contributed by atoms with E-state index >= 15 is 0 Å². The number of benzene rings is 1. The Balaban J connectivity index is 1.35. The first-order valence-corrected chi connectivity index (χ1v) is 10.4. The molecule has 1 aliphatic rings. The van der Waals surface area contributed by atoms with E-state index in [4.69, 9.17) is 0 Å². The number of nitrogens with zero attached hydrogens (tertiary/aromatic N) is 2. The fourth-order valence-corrected chi connectivity index (χ4v) is 4.02. The molecule has 0 bridgehead atoms. The molecule has 1 atom stereocenters. The molecule has 1 unspecified atom stereocenters. The Hall–Kier alpha value is -2.80. The van der Waals surface area contributed by atoms with E-state index in [1.807, 2.05) is 47.1 Å². The molecule has 6 nitrogen and oxygen atoms in total. The molecule has 1 aliphatic heterocycles. The molecular weight excluding hydrogens is 372 g/mol. The monoisotopic (exact) mass is 394 g/mol. The smallest absolute Gasteiger partial charge is 0.251 e. The molecule has 2 aromatic heterocycles. The van der Waals surface area contributed by atoms with Crippen molar-refractivity contribution in [2.45, 2.75) is 36.0 Å². The van der Waals surface area contributed by atoms with Crippen LogP contribution >= 0.6 is 11.8 Å². The van der Waals surface area contributed by atoms with Gasteiger partial charge in [0.1, 0.15) is 11.7 Å². The maximum atomic E-state index is 12.5. The van der Waals surface area contributed by atoms with Crippen molar-refractivity contribution in [2.24, 2.45) is 0 Å². The average molecular weight is 395 g/mol. The summed E-state index contributed by atoms with van der Waals surface area (Å²) in [4.78, 5) is 30.1. The predicted molar refractivity (Wildman–Crippen MR) is 109 cm³/mol. The topological polar surface area (TPSA) is 75.5 Å². The molecule has 1 fully saturated rings. The zero-order chi connectivity index (χ0) is 19.3. The lowest BCUT2D eigenvalue weighted by Crippen LogP contribution is -2.45. The normalized spacial score (nSPS) is 17.1. The molecule has 3 heterocycles. The van der Waals surface area contributed by atoms with Gasteiger partial charge in [-0.15, -0.1) is 11.8 Å². The molecule has 1 saturated heterocycles. The van der Waals surface area contributed by atoms with Gasteiger partial charge in [-0.1, -0.05) is 6.07 Å². The van der Waals surface area contributed by atoms with E-state index in [0.29, 0.717) is 18.5 Å². The van der Waals surface area contributed by atoms with Gasteiger partial charge in [-0.2, -0.15) is 0 Å². The minimum atomic E-state index is -0.445. The number of hydrogen-bond donors (Lipinski definition) is 2. The lowest BCUT2D eigenvalue weighted by Gasteiger charge is -2.15. The van der Waals surface area contributed by atoms with Gasteiger partial charge in [0.05, 0.1) is 5.69 Å². The Bertz CT molecular complexity index is 950. The lowest BCUT2D eigenvalue weighted by molar-refractivity contribution is -0.122. The molecular formula is C21H22N4O2S. The van der Waals surface area contributed by atoms with Gasteiger partial charge in [-0.25, -0.2) is 4.98 Å². The minimum absolute atomic E-state index is 0.0921. The van der Waals surface area contributed by atoms with Crippen LogP contribution < -0.4 is 10.6 Å². The zero-order valence-electron chi connectivity index (χ0n) is 15.4. The zero-order valence-corrected chi connectivity index (χ0v) is 16.2. The first-order chi connectivity index (χ1) is 13.7. The van der Waals surface area contributed by atoms with Gasteiger partial charge < -0.3 is 15.0 Å². The molecule has 0 aliphatic carbocycles. The summed E-state index contributed by atoms with van der Waals surface area (Å²) < 4.78 is 2.01. The largest absolute Gasteiger partial charge is 0.354 e. The SMILES string of the molecule is O=C(NC1CCCCNC1=O)c1ccc(SCc2cn3ccccc3n2)cc1. The van der Waals surface area contributed by atoms with Crippen molar-refractivity contribution < 1.29 is 9.59 Å². The number of rotatable bonds is 5. The molecule has 3 aromatic rings. The number of aromatic nitrogens is 2. The van der Waals surface area contributed by atoms with Crippen LogP contribution in [0.4, 0.5) is 0 Å². The molecule has 4 rings (SSSR count). The van der Waals surface area contributed by atoms with Crippen LogP contribution in [0.3, 0.4) is 0 Å². The number of carbonyl (C=O) groups excluding carboxylic acids is 2. The van der Waals surface area contributed by atoms with E-state index in [9.17, 15) is 9.59 Å². The Kier molecular flexibility index (Phi) is 5.62. The van der Waals surface area contributed by atoms with Crippen molar-refractivity contribution >= 4 is 29.2 Å². The van der Waals surface area contributed by atoms with Crippen molar-refractivity contribution in [3.63, 3.8) is 0 Å². The van der Waals surface area contributed by atoms with Gasteiger partial charge in [0.15, 0.2) is 0 Å². The van der Waals surface area contributed by atoms with Gasteiger partial charge in [-0.3, -0.25) is 9.59 Å². The van der Waals surface area contributed by atoms with Crippen molar-refractivity contribution in [3.05, 3.63) is 66.1 Å². The van der Waals surface area contributed by atoms with E-state index in [2.05, 4.69) is 15.6 Å². The summed E-state index contributed by atoms with van der Waals surface area (Å²) in [5.74, 6) is 0.458. The second-order valence-electron chi connectivity index (χ2n) is 6.82. The number of imidazole rings is 1. The second-order valence-corrected chi connectivity index (χ2v) is 7.87. The molecule has 0 saturated carbocycles. The fourth-order valence-electron chi connectivity index (χ4n) is 3.24. The molecule has 144 valence electrons. The van der Waals surface area contributed by atoms with E-state index in [1.165, 1.54) is 0 Å². The third-order valence-corrected chi connectivity index (χ3v) is 5.80. The molecule has 0 spiro atoms. The highest BCUT2D eigenvalue weighted by molar-refractivity contribution is 7.98. The van der Waals surface area contributed by atoms with Gasteiger partial charge in [0, 0.05) is 35.2 Å². The van der Waals surface area contributed by atoms with Gasteiger partial charge in [0.25, 0.3) is 5.91 Å². The first-order valence-electron chi connectivity index (χ1n) is 9.43. The Morgan fingerprint density at radius 3 is 2.89 bits per heavy atom. The minimum Gasteiger partial charge on any atom is -0.354 e. The first kappa shape index (κ1) is 18.6. The van der Waals surface area contributed by atoms with Crippen LogP contribution in [0.5, 0.6) is 0 Å². The van der Waals surface area contributed by atoms with Crippen LogP contribution in [-0.4, -0.2) is 33.8 Å². The molecule has 28 heavy (non-hydrogen) atoms. The third kappa shape index (κ3) is 4.36. The summed E-state index contributed by atoms with van der Waals surface area (Å²) in [7, 11) is 0. The molecule has 0 radical (unpaired) electrons. The van der Waals surface area contributed by atoms with Gasteiger partial charge in [0.2, 0.25) is 5.91 Å². The quantitative estimate of drug-likeness (QED) is 0.653. The fraction of sp³-hybridized carbons (Fsp3) is 0.286. The second kappa shape index (κ2) is 8.48. The van der Waals surface area contributed by atoms with Crippen molar-refractivity contribution in [1.82, 2.24) is 20.0 Å². The number of carbonyl (C=O) groups is 2. The molecule has 2 N–H and O–H groups in total. The summed E-state index contributed by atoms with van der Waals surface area (Å²) in [6.07, 6.45) is 6.59. The van der Waals surface area contributed by atoms with Crippen molar-refractivity contribution in [3.8, 4) is 0 Å². The van der Waals surface area contributed by atoms with Crippen LogP contribution in [0.15, 0.2) is 59.8 Å². The molecule has 1 aromatic carbocycles. The Labute approximate surface area is 167 Å². The maximum Gasteiger partial charge on any atom is 0.251 e.